The lowest BCUT2D eigenvalue weighted by molar-refractivity contribution is 0.0949. The number of rotatable bonds is 6. The highest BCUT2D eigenvalue weighted by Gasteiger charge is 2.08. The maximum absolute atomic E-state index is 12.1. The molecule has 0 spiro atoms. The molecule has 0 bridgehead atoms. The first-order valence-corrected chi connectivity index (χ1v) is 7.54. The molecule has 2 rings (SSSR count). The Balaban J connectivity index is 2.01. The fourth-order valence-electron chi connectivity index (χ4n) is 1.90. The summed E-state index contributed by atoms with van der Waals surface area (Å²) in [5.74, 6) is -0.121. The maximum Gasteiger partial charge on any atom is 0.251 e. The lowest BCUT2D eigenvalue weighted by Gasteiger charge is -2.11. The van der Waals surface area contributed by atoms with E-state index in [0.717, 1.165) is 11.1 Å². The fraction of sp³-hybridized carbons (Fsp3) is 0.250. The lowest BCUT2D eigenvalue weighted by Crippen LogP contribution is -2.23. The number of nitrogens with one attached hydrogen (secondary N) is 1. The van der Waals surface area contributed by atoms with E-state index in [1.807, 2.05) is 31.2 Å². The van der Waals surface area contributed by atoms with Crippen LogP contribution >= 0.6 is 15.9 Å². The smallest absolute Gasteiger partial charge is 0.251 e. The Bertz CT molecular complexity index is 617. The molecule has 2 aromatic rings. The molecule has 0 aliphatic carbocycles. The minimum atomic E-state index is -0.121. The summed E-state index contributed by atoms with van der Waals surface area (Å²) in [4.78, 5) is 16.1. The molecule has 21 heavy (non-hydrogen) atoms. The first-order chi connectivity index (χ1) is 10.2. The van der Waals surface area contributed by atoms with E-state index >= 15 is 0 Å². The Morgan fingerprint density at radius 2 is 2.05 bits per heavy atom. The largest absolute Gasteiger partial charge is 0.377 e. The van der Waals surface area contributed by atoms with E-state index in [1.54, 1.807) is 18.3 Å². The third-order valence-corrected chi connectivity index (χ3v) is 3.44. The number of carbonyl (C=O) groups excluding carboxylic acids is 1. The monoisotopic (exact) mass is 348 g/mol. The standard InChI is InChI=1S/C16H17BrN2O2/c1-2-21-11-14-6-4-3-5-13(14)10-19-16(20)12-7-8-18-15(17)9-12/h3-9H,2,10-11H2,1H3,(H,19,20). The van der Waals surface area contributed by atoms with Crippen molar-refractivity contribution >= 4 is 21.8 Å². The van der Waals surface area contributed by atoms with Crippen molar-refractivity contribution in [2.45, 2.75) is 20.1 Å². The molecule has 110 valence electrons. The van der Waals surface area contributed by atoms with Gasteiger partial charge in [-0.1, -0.05) is 24.3 Å². The van der Waals surface area contributed by atoms with Gasteiger partial charge in [-0.05, 0) is 46.1 Å². The summed E-state index contributed by atoms with van der Waals surface area (Å²) < 4.78 is 6.09. The van der Waals surface area contributed by atoms with Crippen LogP contribution < -0.4 is 5.32 Å². The molecule has 0 saturated carbocycles. The van der Waals surface area contributed by atoms with Crippen molar-refractivity contribution in [1.29, 1.82) is 0 Å². The average molecular weight is 349 g/mol. The molecule has 4 nitrogen and oxygen atoms in total. The normalized spacial score (nSPS) is 10.4. The second kappa shape index (κ2) is 7.90. The molecule has 1 N–H and O–H groups in total. The van der Waals surface area contributed by atoms with Gasteiger partial charge in [0.1, 0.15) is 4.60 Å². The zero-order valence-corrected chi connectivity index (χ0v) is 13.4. The Labute approximate surface area is 132 Å². The highest BCUT2D eigenvalue weighted by Crippen LogP contribution is 2.11. The van der Waals surface area contributed by atoms with Gasteiger partial charge in [-0.25, -0.2) is 4.98 Å². The van der Waals surface area contributed by atoms with E-state index in [0.29, 0.717) is 29.9 Å². The minimum absolute atomic E-state index is 0.121. The third kappa shape index (κ3) is 4.65. The predicted octanol–water partition coefficient (Wildman–Crippen LogP) is 3.31. The number of nitrogens with zero attached hydrogens (tertiary/aromatic N) is 1. The number of carbonyl (C=O) groups is 1. The van der Waals surface area contributed by atoms with Gasteiger partial charge in [-0.15, -0.1) is 0 Å². The van der Waals surface area contributed by atoms with Gasteiger partial charge in [0.15, 0.2) is 0 Å². The fourth-order valence-corrected chi connectivity index (χ4v) is 2.27. The summed E-state index contributed by atoms with van der Waals surface area (Å²) in [6.07, 6.45) is 1.60. The zero-order chi connectivity index (χ0) is 15.1. The van der Waals surface area contributed by atoms with E-state index in [-0.39, 0.29) is 5.91 Å². The topological polar surface area (TPSA) is 51.2 Å². The molecular weight excluding hydrogens is 332 g/mol. The molecule has 1 aromatic carbocycles. The molecule has 1 aromatic heterocycles. The molecule has 0 saturated heterocycles. The van der Waals surface area contributed by atoms with Gasteiger partial charge in [0.25, 0.3) is 5.91 Å². The van der Waals surface area contributed by atoms with Gasteiger partial charge in [-0.2, -0.15) is 0 Å². The number of hydrogen-bond donors (Lipinski definition) is 1. The van der Waals surface area contributed by atoms with Crippen LogP contribution in [-0.2, 0) is 17.9 Å². The number of hydrogen-bond acceptors (Lipinski definition) is 3. The number of benzene rings is 1. The summed E-state index contributed by atoms with van der Waals surface area (Å²) >= 11 is 3.26. The highest BCUT2D eigenvalue weighted by atomic mass is 79.9. The van der Waals surface area contributed by atoms with E-state index in [1.165, 1.54) is 0 Å². The molecule has 1 amide bonds. The van der Waals surface area contributed by atoms with Crippen molar-refractivity contribution < 1.29 is 9.53 Å². The van der Waals surface area contributed by atoms with Gasteiger partial charge in [-0.3, -0.25) is 4.79 Å². The van der Waals surface area contributed by atoms with Gasteiger partial charge in [0.2, 0.25) is 0 Å². The first kappa shape index (κ1) is 15.7. The Kier molecular flexibility index (Phi) is 5.90. The number of aromatic nitrogens is 1. The van der Waals surface area contributed by atoms with Gasteiger partial charge in [0.05, 0.1) is 6.61 Å². The Morgan fingerprint density at radius 1 is 1.29 bits per heavy atom. The van der Waals surface area contributed by atoms with Crippen LogP contribution in [0.15, 0.2) is 47.2 Å². The zero-order valence-electron chi connectivity index (χ0n) is 11.8. The van der Waals surface area contributed by atoms with Crippen molar-refractivity contribution in [1.82, 2.24) is 10.3 Å². The average Bonchev–Trinajstić information content (AvgIpc) is 2.51. The molecule has 0 aliphatic heterocycles. The predicted molar refractivity (Wildman–Crippen MR) is 84.9 cm³/mol. The van der Waals surface area contributed by atoms with Crippen LogP contribution in [-0.4, -0.2) is 17.5 Å². The van der Waals surface area contributed by atoms with Crippen molar-refractivity contribution in [3.05, 3.63) is 63.9 Å². The van der Waals surface area contributed by atoms with Crippen LogP contribution in [0.2, 0.25) is 0 Å². The van der Waals surface area contributed by atoms with Crippen LogP contribution in [0, 0.1) is 0 Å². The molecule has 0 fully saturated rings. The molecule has 5 heteroatoms. The van der Waals surface area contributed by atoms with Crippen molar-refractivity contribution in [3.8, 4) is 0 Å². The van der Waals surface area contributed by atoms with Crippen LogP contribution in [0.5, 0.6) is 0 Å². The quantitative estimate of drug-likeness (QED) is 0.814. The number of ether oxygens (including phenoxy) is 1. The van der Waals surface area contributed by atoms with Crippen molar-refractivity contribution in [2.24, 2.45) is 0 Å². The number of halogens is 1. The molecular formula is C16H17BrN2O2. The second-order valence-electron chi connectivity index (χ2n) is 4.46. The van der Waals surface area contributed by atoms with Crippen molar-refractivity contribution in [3.63, 3.8) is 0 Å². The Hall–Kier alpha value is -1.72. The van der Waals surface area contributed by atoms with E-state index < -0.39 is 0 Å². The molecule has 0 aliphatic rings. The third-order valence-electron chi connectivity index (χ3n) is 3.01. The van der Waals surface area contributed by atoms with E-state index in [9.17, 15) is 4.79 Å². The molecule has 1 heterocycles. The number of pyridine rings is 1. The Morgan fingerprint density at radius 3 is 2.76 bits per heavy atom. The second-order valence-corrected chi connectivity index (χ2v) is 5.27. The number of amides is 1. The van der Waals surface area contributed by atoms with Crippen LogP contribution in [0.4, 0.5) is 0 Å². The van der Waals surface area contributed by atoms with Crippen molar-refractivity contribution in [2.75, 3.05) is 6.61 Å². The van der Waals surface area contributed by atoms with E-state index in [4.69, 9.17) is 4.74 Å². The molecule has 0 unspecified atom stereocenters. The summed E-state index contributed by atoms with van der Waals surface area (Å²) in [6.45, 7) is 3.67. The van der Waals surface area contributed by atoms with Gasteiger partial charge >= 0.3 is 0 Å². The SMILES string of the molecule is CCOCc1ccccc1CNC(=O)c1ccnc(Br)c1. The van der Waals surface area contributed by atoms with Crippen LogP contribution in [0.1, 0.15) is 28.4 Å². The summed E-state index contributed by atoms with van der Waals surface area (Å²) in [7, 11) is 0. The van der Waals surface area contributed by atoms with Crippen LogP contribution in [0.3, 0.4) is 0 Å². The molecule has 0 atom stereocenters. The first-order valence-electron chi connectivity index (χ1n) is 6.75. The van der Waals surface area contributed by atoms with Gasteiger partial charge in [0, 0.05) is 24.9 Å². The summed E-state index contributed by atoms with van der Waals surface area (Å²) in [5.41, 5.74) is 2.74. The summed E-state index contributed by atoms with van der Waals surface area (Å²) in [6, 6.07) is 11.3. The minimum Gasteiger partial charge on any atom is -0.377 e. The molecule has 0 radical (unpaired) electrons. The van der Waals surface area contributed by atoms with Crippen LogP contribution in [0.25, 0.3) is 0 Å². The highest BCUT2D eigenvalue weighted by molar-refractivity contribution is 9.10. The van der Waals surface area contributed by atoms with E-state index in [2.05, 4.69) is 26.2 Å². The summed E-state index contributed by atoms with van der Waals surface area (Å²) in [5, 5.41) is 2.92. The lowest BCUT2D eigenvalue weighted by atomic mass is 10.1. The maximum atomic E-state index is 12.1. The van der Waals surface area contributed by atoms with Gasteiger partial charge < -0.3 is 10.1 Å².